The van der Waals surface area contributed by atoms with Crippen LogP contribution in [0, 0.1) is 0 Å². The molecule has 1 aliphatic heterocycles. The van der Waals surface area contributed by atoms with Gasteiger partial charge in [0, 0.05) is 60.4 Å². The summed E-state index contributed by atoms with van der Waals surface area (Å²) < 4.78 is 0. The average molecular weight is 463 g/mol. The van der Waals surface area contributed by atoms with Crippen molar-refractivity contribution >= 4 is 46.4 Å². The summed E-state index contributed by atoms with van der Waals surface area (Å²) in [5.41, 5.74) is 1.44. The average Bonchev–Trinajstić information content (AvgIpc) is 2.96. The van der Waals surface area contributed by atoms with Gasteiger partial charge in [0.25, 0.3) is 0 Å². The van der Waals surface area contributed by atoms with Crippen molar-refractivity contribution in [3.8, 4) is 0 Å². The van der Waals surface area contributed by atoms with Crippen LogP contribution in [0.3, 0.4) is 0 Å². The third kappa shape index (κ3) is 8.50. The first-order valence-electron chi connectivity index (χ1n) is 10.5. The number of rotatable bonds is 8. The van der Waals surface area contributed by atoms with E-state index in [2.05, 4.69) is 20.4 Å². The van der Waals surface area contributed by atoms with Gasteiger partial charge in [-0.1, -0.05) is 35.3 Å². The molecule has 8 heteroatoms. The van der Waals surface area contributed by atoms with E-state index in [9.17, 15) is 9.59 Å². The Bertz CT molecular complexity index is 822. The summed E-state index contributed by atoms with van der Waals surface area (Å²) in [6.07, 6.45) is 1.90. The molecule has 3 rings (SSSR count). The van der Waals surface area contributed by atoms with Gasteiger partial charge in [0.1, 0.15) is 0 Å². The second kappa shape index (κ2) is 12.1. The summed E-state index contributed by atoms with van der Waals surface area (Å²) in [5, 5.41) is 6.99. The van der Waals surface area contributed by atoms with Gasteiger partial charge in [-0.2, -0.15) is 0 Å². The van der Waals surface area contributed by atoms with Crippen molar-refractivity contribution in [2.24, 2.45) is 0 Å². The number of hydrogen-bond donors (Lipinski definition) is 2. The molecule has 0 radical (unpaired) electrons. The Morgan fingerprint density at radius 1 is 0.742 bits per heavy atom. The molecule has 2 N–H and O–H groups in total. The highest BCUT2D eigenvalue weighted by Gasteiger charge is 2.16. The zero-order valence-electron chi connectivity index (χ0n) is 17.4. The molecule has 2 amide bonds. The molecule has 1 saturated heterocycles. The molecule has 0 spiro atoms. The zero-order chi connectivity index (χ0) is 22.1. The van der Waals surface area contributed by atoms with E-state index >= 15 is 0 Å². The second-order valence-corrected chi connectivity index (χ2v) is 8.53. The third-order valence-corrected chi connectivity index (χ3v) is 5.68. The van der Waals surface area contributed by atoms with Crippen LogP contribution in [0.4, 0.5) is 11.4 Å². The lowest BCUT2D eigenvalue weighted by Crippen LogP contribution is -2.34. The highest BCUT2D eigenvalue weighted by molar-refractivity contribution is 6.31. The molecule has 166 valence electrons. The van der Waals surface area contributed by atoms with E-state index in [0.717, 1.165) is 57.1 Å². The molecule has 0 bridgehead atoms. The molecule has 0 aromatic heterocycles. The van der Waals surface area contributed by atoms with Crippen molar-refractivity contribution in [3.05, 3.63) is 58.6 Å². The number of nitrogens with zero attached hydrogens (tertiary/aromatic N) is 2. The number of hydrogen-bond acceptors (Lipinski definition) is 4. The van der Waals surface area contributed by atoms with Crippen LogP contribution in [-0.2, 0) is 9.59 Å². The molecule has 0 aliphatic carbocycles. The Hall–Kier alpha value is -2.12. The number of halogens is 2. The van der Waals surface area contributed by atoms with Crippen molar-refractivity contribution in [1.82, 2.24) is 9.80 Å². The maximum Gasteiger partial charge on any atom is 0.225 e. The summed E-state index contributed by atoms with van der Waals surface area (Å²) in [6.45, 7) is 5.12. The Morgan fingerprint density at radius 3 is 1.61 bits per heavy atom. The van der Waals surface area contributed by atoms with E-state index in [-0.39, 0.29) is 11.8 Å². The molecular weight excluding hydrogens is 435 g/mol. The Labute approximate surface area is 193 Å². The van der Waals surface area contributed by atoms with Crippen LogP contribution in [0.15, 0.2) is 48.5 Å². The largest absolute Gasteiger partial charge is 0.326 e. The van der Waals surface area contributed by atoms with Crippen molar-refractivity contribution in [3.63, 3.8) is 0 Å². The first-order chi connectivity index (χ1) is 15.0. The quantitative estimate of drug-likeness (QED) is 0.611. The molecule has 6 nitrogen and oxygen atoms in total. The normalized spacial score (nSPS) is 15.3. The lowest BCUT2D eigenvalue weighted by atomic mass is 10.3. The number of anilines is 2. The summed E-state index contributed by atoms with van der Waals surface area (Å²) in [5.74, 6) is -0.0258. The summed E-state index contributed by atoms with van der Waals surface area (Å²) >= 11 is 11.9. The Morgan fingerprint density at radius 2 is 1.19 bits per heavy atom. The van der Waals surface area contributed by atoms with Crippen LogP contribution in [-0.4, -0.2) is 60.9 Å². The van der Waals surface area contributed by atoms with E-state index in [1.54, 1.807) is 24.3 Å². The number of amides is 2. The third-order valence-electron chi connectivity index (χ3n) is 5.21. The number of carbonyl (C=O) groups excluding carboxylic acids is 2. The predicted molar refractivity (Wildman–Crippen MR) is 127 cm³/mol. The van der Waals surface area contributed by atoms with Gasteiger partial charge in [0.15, 0.2) is 0 Å². The zero-order valence-corrected chi connectivity index (χ0v) is 19.0. The Kier molecular flexibility index (Phi) is 9.15. The number of benzene rings is 2. The van der Waals surface area contributed by atoms with Gasteiger partial charge in [0.2, 0.25) is 11.8 Å². The second-order valence-electron chi connectivity index (χ2n) is 7.65. The molecule has 1 heterocycles. The molecule has 2 aromatic rings. The minimum Gasteiger partial charge on any atom is -0.326 e. The van der Waals surface area contributed by atoms with Gasteiger partial charge < -0.3 is 20.4 Å². The van der Waals surface area contributed by atoms with Crippen LogP contribution in [0.25, 0.3) is 0 Å². The summed E-state index contributed by atoms with van der Waals surface area (Å²) in [4.78, 5) is 29.1. The van der Waals surface area contributed by atoms with Crippen LogP contribution >= 0.6 is 23.2 Å². The smallest absolute Gasteiger partial charge is 0.225 e. The van der Waals surface area contributed by atoms with Crippen molar-refractivity contribution in [2.45, 2.75) is 19.3 Å². The van der Waals surface area contributed by atoms with Crippen molar-refractivity contribution in [1.29, 1.82) is 0 Å². The molecule has 1 fully saturated rings. The lowest BCUT2D eigenvalue weighted by Gasteiger charge is -2.21. The van der Waals surface area contributed by atoms with Gasteiger partial charge in [-0.15, -0.1) is 0 Å². The molecular formula is C23H28Cl2N4O2. The highest BCUT2D eigenvalue weighted by Crippen LogP contribution is 2.16. The standard InChI is InChI=1S/C23H28Cl2N4O2/c24-18-4-1-6-20(16-18)26-22(30)8-12-28-10-3-11-29(15-14-28)13-9-23(31)27-21-7-2-5-19(25)17-21/h1-2,4-7,16-17H,3,8-15H2,(H,26,30)(H,27,31). The van der Waals surface area contributed by atoms with Crippen molar-refractivity contribution in [2.75, 3.05) is 49.9 Å². The fourth-order valence-corrected chi connectivity index (χ4v) is 3.95. The Balaban J connectivity index is 1.35. The minimum atomic E-state index is -0.0129. The van der Waals surface area contributed by atoms with Crippen LogP contribution in [0.1, 0.15) is 19.3 Å². The maximum absolute atomic E-state index is 12.2. The lowest BCUT2D eigenvalue weighted by molar-refractivity contribution is -0.117. The van der Waals surface area contributed by atoms with Crippen LogP contribution in [0.5, 0.6) is 0 Å². The molecule has 1 aliphatic rings. The van der Waals surface area contributed by atoms with Crippen LogP contribution < -0.4 is 10.6 Å². The fraction of sp³-hybridized carbons (Fsp3) is 0.391. The predicted octanol–water partition coefficient (Wildman–Crippen LogP) is 4.36. The molecule has 2 aromatic carbocycles. The fourth-order valence-electron chi connectivity index (χ4n) is 3.57. The summed E-state index contributed by atoms with van der Waals surface area (Å²) in [6, 6.07) is 14.3. The molecule has 0 saturated carbocycles. The topological polar surface area (TPSA) is 64.7 Å². The number of nitrogens with one attached hydrogen (secondary N) is 2. The van der Waals surface area contributed by atoms with E-state index < -0.39 is 0 Å². The van der Waals surface area contributed by atoms with E-state index in [0.29, 0.717) is 22.9 Å². The van der Waals surface area contributed by atoms with Crippen LogP contribution in [0.2, 0.25) is 10.0 Å². The van der Waals surface area contributed by atoms with E-state index in [4.69, 9.17) is 23.2 Å². The van der Waals surface area contributed by atoms with Gasteiger partial charge in [-0.25, -0.2) is 0 Å². The van der Waals surface area contributed by atoms with Crippen molar-refractivity contribution < 1.29 is 9.59 Å². The first kappa shape index (κ1) is 23.5. The summed E-state index contributed by atoms with van der Waals surface area (Å²) in [7, 11) is 0. The van der Waals surface area contributed by atoms with E-state index in [1.165, 1.54) is 0 Å². The maximum atomic E-state index is 12.2. The molecule has 0 atom stereocenters. The van der Waals surface area contributed by atoms with Gasteiger partial charge >= 0.3 is 0 Å². The van der Waals surface area contributed by atoms with Gasteiger partial charge in [-0.05, 0) is 55.9 Å². The monoisotopic (exact) mass is 462 g/mol. The highest BCUT2D eigenvalue weighted by atomic mass is 35.5. The van der Waals surface area contributed by atoms with Gasteiger partial charge in [-0.3, -0.25) is 9.59 Å². The SMILES string of the molecule is O=C(CCN1CCCN(CCC(=O)Nc2cccc(Cl)c2)CC1)Nc1cccc(Cl)c1. The first-order valence-corrected chi connectivity index (χ1v) is 11.3. The van der Waals surface area contributed by atoms with E-state index in [1.807, 2.05) is 24.3 Å². The minimum absolute atomic E-state index is 0.0129. The number of carbonyl (C=O) groups is 2. The molecule has 31 heavy (non-hydrogen) atoms. The van der Waals surface area contributed by atoms with Gasteiger partial charge in [0.05, 0.1) is 0 Å². The molecule has 0 unspecified atom stereocenters.